The van der Waals surface area contributed by atoms with Crippen LogP contribution >= 0.6 is 0 Å². The third-order valence-electron chi connectivity index (χ3n) is 2.78. The van der Waals surface area contributed by atoms with Crippen LogP contribution < -0.4 is 0 Å². The first-order valence-electron chi connectivity index (χ1n) is 4.61. The number of hydrogen-bond acceptors (Lipinski definition) is 1. The quantitative estimate of drug-likeness (QED) is 0.703. The van der Waals surface area contributed by atoms with Gasteiger partial charge in [0.05, 0.1) is 6.10 Å². The minimum absolute atomic E-state index is 0.144. The molecule has 0 atom stereocenters. The van der Waals surface area contributed by atoms with Crippen LogP contribution in [0.25, 0.3) is 0 Å². The van der Waals surface area contributed by atoms with Gasteiger partial charge in [-0.2, -0.15) is 0 Å². The van der Waals surface area contributed by atoms with E-state index < -0.39 is 0 Å². The summed E-state index contributed by atoms with van der Waals surface area (Å²) >= 11 is 0. The van der Waals surface area contributed by atoms with E-state index in [1.54, 1.807) is 6.07 Å². The molecule has 70 valence electrons. The number of rotatable bonds is 1. The van der Waals surface area contributed by atoms with E-state index in [9.17, 15) is 4.39 Å². The zero-order valence-electron chi connectivity index (χ0n) is 7.63. The van der Waals surface area contributed by atoms with E-state index in [1.807, 2.05) is 13.0 Å². The van der Waals surface area contributed by atoms with E-state index in [4.69, 9.17) is 5.11 Å². The highest BCUT2D eigenvalue weighted by molar-refractivity contribution is 5.31. The summed E-state index contributed by atoms with van der Waals surface area (Å²) in [7, 11) is 0. The fraction of sp³-hybridized carbons (Fsp3) is 0.455. The van der Waals surface area contributed by atoms with Crippen molar-refractivity contribution in [2.24, 2.45) is 0 Å². The molecule has 1 N–H and O–H groups in total. The number of benzene rings is 1. The Labute approximate surface area is 77.2 Å². The minimum Gasteiger partial charge on any atom is -0.393 e. The van der Waals surface area contributed by atoms with Crippen LogP contribution in [0.5, 0.6) is 0 Å². The normalized spacial score (nSPS) is 27.0. The lowest BCUT2D eigenvalue weighted by Crippen LogP contribution is -2.26. The Morgan fingerprint density at radius 2 is 2.08 bits per heavy atom. The molecule has 1 aromatic rings. The average molecular weight is 180 g/mol. The molecule has 1 aliphatic carbocycles. The van der Waals surface area contributed by atoms with Gasteiger partial charge in [0.2, 0.25) is 0 Å². The second-order valence-electron chi connectivity index (χ2n) is 3.82. The zero-order valence-corrected chi connectivity index (χ0v) is 7.63. The summed E-state index contributed by atoms with van der Waals surface area (Å²) in [6, 6.07) is 4.88. The highest BCUT2D eigenvalue weighted by Crippen LogP contribution is 2.38. The van der Waals surface area contributed by atoms with Gasteiger partial charge in [-0.1, -0.05) is 6.07 Å². The van der Waals surface area contributed by atoms with Crippen molar-refractivity contribution in [3.8, 4) is 0 Å². The number of aliphatic hydroxyl groups is 1. The molecule has 1 aliphatic rings. The predicted octanol–water partition coefficient (Wildman–Crippen LogP) is 2.37. The molecule has 0 bridgehead atoms. The topological polar surface area (TPSA) is 20.2 Å². The Bertz CT molecular complexity index is 316. The van der Waals surface area contributed by atoms with Crippen molar-refractivity contribution < 1.29 is 9.50 Å². The molecule has 1 saturated carbocycles. The molecule has 0 aromatic heterocycles. The molecular formula is C11H13FO. The van der Waals surface area contributed by atoms with Crippen molar-refractivity contribution in [3.63, 3.8) is 0 Å². The minimum atomic E-state index is -0.180. The lowest BCUT2D eigenvalue weighted by Gasteiger charge is -2.32. The highest BCUT2D eigenvalue weighted by atomic mass is 19.1. The van der Waals surface area contributed by atoms with Gasteiger partial charge in [-0.25, -0.2) is 4.39 Å². The maximum Gasteiger partial charge on any atom is 0.123 e. The third kappa shape index (κ3) is 1.59. The number of hydrogen-bond donors (Lipinski definition) is 1. The summed E-state index contributed by atoms with van der Waals surface area (Å²) in [5.74, 6) is 0.261. The van der Waals surface area contributed by atoms with E-state index in [2.05, 4.69) is 0 Å². The van der Waals surface area contributed by atoms with Gasteiger partial charge in [0.1, 0.15) is 5.82 Å². The molecule has 13 heavy (non-hydrogen) atoms. The Kier molecular flexibility index (Phi) is 2.08. The lowest BCUT2D eigenvalue weighted by atomic mass is 9.76. The second kappa shape index (κ2) is 3.11. The standard InChI is InChI=1S/C11H13FO/c1-7-4-9(12)2-3-11(7)8-5-10(13)6-8/h2-4,8,10,13H,5-6H2,1H3. The van der Waals surface area contributed by atoms with Crippen LogP contribution in [-0.4, -0.2) is 11.2 Å². The van der Waals surface area contributed by atoms with Crippen molar-refractivity contribution in [1.29, 1.82) is 0 Å². The van der Waals surface area contributed by atoms with Crippen molar-refractivity contribution >= 4 is 0 Å². The number of aryl methyl sites for hydroxylation is 1. The fourth-order valence-corrected chi connectivity index (χ4v) is 1.94. The predicted molar refractivity (Wildman–Crippen MR) is 49.1 cm³/mol. The first-order chi connectivity index (χ1) is 6.16. The summed E-state index contributed by atoms with van der Waals surface area (Å²) in [6.07, 6.45) is 1.51. The van der Waals surface area contributed by atoms with Crippen molar-refractivity contribution in [3.05, 3.63) is 35.1 Å². The first-order valence-corrected chi connectivity index (χ1v) is 4.61. The zero-order chi connectivity index (χ0) is 9.42. The lowest BCUT2D eigenvalue weighted by molar-refractivity contribution is 0.0744. The van der Waals surface area contributed by atoms with Crippen molar-refractivity contribution in [2.45, 2.75) is 31.8 Å². The largest absolute Gasteiger partial charge is 0.393 e. The maximum atomic E-state index is 12.8. The van der Waals surface area contributed by atoms with Gasteiger partial charge in [-0.15, -0.1) is 0 Å². The average Bonchev–Trinajstić information content (AvgIpc) is 2.00. The molecule has 1 aromatic carbocycles. The molecule has 0 saturated heterocycles. The fourth-order valence-electron chi connectivity index (χ4n) is 1.94. The van der Waals surface area contributed by atoms with Crippen LogP contribution in [0.15, 0.2) is 18.2 Å². The van der Waals surface area contributed by atoms with Crippen LogP contribution in [0.2, 0.25) is 0 Å². The summed E-state index contributed by atoms with van der Waals surface area (Å²) in [6.45, 7) is 1.92. The Hall–Kier alpha value is -0.890. The Morgan fingerprint density at radius 1 is 1.38 bits per heavy atom. The van der Waals surface area contributed by atoms with E-state index in [0.717, 1.165) is 18.4 Å². The molecule has 0 amide bonds. The van der Waals surface area contributed by atoms with Gasteiger partial charge in [0.25, 0.3) is 0 Å². The van der Waals surface area contributed by atoms with Gasteiger partial charge in [-0.3, -0.25) is 0 Å². The molecule has 2 rings (SSSR count). The van der Waals surface area contributed by atoms with Gasteiger partial charge >= 0.3 is 0 Å². The monoisotopic (exact) mass is 180 g/mol. The van der Waals surface area contributed by atoms with Gasteiger partial charge in [0, 0.05) is 0 Å². The highest BCUT2D eigenvalue weighted by Gasteiger charge is 2.29. The molecule has 1 fully saturated rings. The SMILES string of the molecule is Cc1cc(F)ccc1C1CC(O)C1. The van der Waals surface area contributed by atoms with Crippen LogP contribution in [0.3, 0.4) is 0 Å². The van der Waals surface area contributed by atoms with Crippen LogP contribution in [-0.2, 0) is 0 Å². The molecule has 2 heteroatoms. The molecule has 0 spiro atoms. The second-order valence-corrected chi connectivity index (χ2v) is 3.82. The van der Waals surface area contributed by atoms with E-state index >= 15 is 0 Å². The third-order valence-corrected chi connectivity index (χ3v) is 2.78. The molecule has 0 radical (unpaired) electrons. The molecule has 0 heterocycles. The van der Waals surface area contributed by atoms with E-state index in [-0.39, 0.29) is 11.9 Å². The summed E-state index contributed by atoms with van der Waals surface area (Å²) in [4.78, 5) is 0. The van der Waals surface area contributed by atoms with Gasteiger partial charge < -0.3 is 5.11 Å². The molecule has 0 aliphatic heterocycles. The van der Waals surface area contributed by atoms with Crippen molar-refractivity contribution in [2.75, 3.05) is 0 Å². The number of aliphatic hydroxyl groups excluding tert-OH is 1. The van der Waals surface area contributed by atoms with Gasteiger partial charge in [0.15, 0.2) is 0 Å². The van der Waals surface area contributed by atoms with Crippen LogP contribution in [0.1, 0.15) is 29.9 Å². The van der Waals surface area contributed by atoms with E-state index in [1.165, 1.54) is 11.6 Å². The summed E-state index contributed by atoms with van der Waals surface area (Å²) in [5, 5.41) is 9.15. The Balaban J connectivity index is 2.21. The van der Waals surface area contributed by atoms with Crippen LogP contribution in [0.4, 0.5) is 4.39 Å². The van der Waals surface area contributed by atoms with Crippen molar-refractivity contribution in [1.82, 2.24) is 0 Å². The molecular weight excluding hydrogens is 167 g/mol. The van der Waals surface area contributed by atoms with Crippen LogP contribution in [0, 0.1) is 12.7 Å². The van der Waals surface area contributed by atoms with E-state index in [0.29, 0.717) is 5.92 Å². The van der Waals surface area contributed by atoms with Gasteiger partial charge in [-0.05, 0) is 48.9 Å². The smallest absolute Gasteiger partial charge is 0.123 e. The Morgan fingerprint density at radius 3 is 2.62 bits per heavy atom. The summed E-state index contributed by atoms with van der Waals surface area (Å²) < 4.78 is 12.8. The molecule has 0 unspecified atom stereocenters. The molecule has 1 nitrogen and oxygen atoms in total. The maximum absolute atomic E-state index is 12.8. The summed E-state index contributed by atoms with van der Waals surface area (Å²) in [5.41, 5.74) is 2.18. The number of halogens is 1. The first kappa shape index (κ1) is 8.70.